The normalized spacial score (nSPS) is 23.7. The highest BCUT2D eigenvalue weighted by Crippen LogP contribution is 2.23. The minimum absolute atomic E-state index is 0.0568. The van der Waals surface area contributed by atoms with Crippen molar-refractivity contribution in [1.82, 2.24) is 5.01 Å². The summed E-state index contributed by atoms with van der Waals surface area (Å²) in [6.45, 7) is 3.56. The summed E-state index contributed by atoms with van der Waals surface area (Å²) in [6, 6.07) is 0. The van der Waals surface area contributed by atoms with Crippen LogP contribution in [0, 0.1) is 0 Å². The third kappa shape index (κ3) is 1.66. The van der Waals surface area contributed by atoms with Crippen LogP contribution in [0.25, 0.3) is 0 Å². The average Bonchev–Trinajstić information content (AvgIpc) is 2.25. The fraction of sp³-hybridized carbons (Fsp3) is 0.400. The molecule has 0 radical (unpaired) electrons. The van der Waals surface area contributed by atoms with Gasteiger partial charge in [-0.1, -0.05) is 0 Å². The van der Waals surface area contributed by atoms with Gasteiger partial charge in [0.05, 0.1) is 0 Å². The van der Waals surface area contributed by atoms with E-state index in [1.165, 1.54) is 5.01 Å². The summed E-state index contributed by atoms with van der Waals surface area (Å²) in [4.78, 5) is 15.8. The lowest BCUT2D eigenvalue weighted by atomic mass is 10.0. The molecule has 2 aliphatic heterocycles. The first-order valence-corrected chi connectivity index (χ1v) is 4.70. The lowest BCUT2D eigenvalue weighted by Gasteiger charge is -2.26. The average molecular weight is 207 g/mol. The summed E-state index contributed by atoms with van der Waals surface area (Å²) in [5.74, 6) is 6.65. The molecule has 0 bridgehead atoms. The highest BCUT2D eigenvalue weighted by atomic mass is 16.5. The van der Waals surface area contributed by atoms with Crippen molar-refractivity contribution in [1.29, 1.82) is 0 Å². The third-order valence-corrected chi connectivity index (χ3v) is 2.37. The second-order valence-electron chi connectivity index (χ2n) is 3.96. The minimum Gasteiger partial charge on any atom is -0.476 e. The van der Waals surface area contributed by atoms with Gasteiger partial charge >= 0.3 is 0 Å². The summed E-state index contributed by atoms with van der Waals surface area (Å²) < 4.78 is 5.59. The molecule has 0 amide bonds. The van der Waals surface area contributed by atoms with Gasteiger partial charge in [0, 0.05) is 6.20 Å². The number of hydrogen-bond donors (Lipinski definition) is 1. The molecule has 0 aromatic rings. The van der Waals surface area contributed by atoms with Crippen molar-refractivity contribution in [3.8, 4) is 0 Å². The molecule has 0 spiro atoms. The highest BCUT2D eigenvalue weighted by molar-refractivity contribution is 6.02. The maximum atomic E-state index is 11.6. The van der Waals surface area contributed by atoms with Crippen LogP contribution < -0.4 is 5.84 Å². The number of carbonyl (C=O) groups is 1. The first-order chi connectivity index (χ1) is 7.00. The van der Waals surface area contributed by atoms with Crippen molar-refractivity contribution in [3.05, 3.63) is 24.1 Å². The fourth-order valence-electron chi connectivity index (χ4n) is 1.40. The van der Waals surface area contributed by atoms with Gasteiger partial charge in [-0.3, -0.25) is 14.8 Å². The van der Waals surface area contributed by atoms with Crippen LogP contribution in [-0.2, 0) is 9.53 Å². The minimum atomic E-state index is -0.844. The van der Waals surface area contributed by atoms with Crippen molar-refractivity contribution in [2.75, 3.05) is 6.54 Å². The molecule has 2 N–H and O–H groups in total. The number of ketones is 1. The maximum absolute atomic E-state index is 11.6. The van der Waals surface area contributed by atoms with Crippen LogP contribution in [0.3, 0.4) is 0 Å². The molecular formula is C10H13N3O2. The van der Waals surface area contributed by atoms with E-state index in [9.17, 15) is 4.79 Å². The first-order valence-electron chi connectivity index (χ1n) is 4.70. The SMILES string of the molecule is CC1(C)OC2=CC=CN(N)C2=NCC1=O. The Balaban J connectivity index is 2.39. The predicted octanol–water partition coefficient (Wildman–Crippen LogP) is 0.350. The lowest BCUT2D eigenvalue weighted by Crippen LogP contribution is -2.38. The largest absolute Gasteiger partial charge is 0.476 e. The number of rotatable bonds is 0. The number of allylic oxidation sites excluding steroid dienone is 2. The zero-order valence-corrected chi connectivity index (χ0v) is 8.73. The molecule has 5 heteroatoms. The van der Waals surface area contributed by atoms with E-state index in [1.54, 1.807) is 32.2 Å². The van der Waals surface area contributed by atoms with Crippen LogP contribution in [0.2, 0.25) is 0 Å². The first kappa shape index (κ1) is 9.92. The monoisotopic (exact) mass is 207 g/mol. The Bertz CT molecular complexity index is 393. The topological polar surface area (TPSA) is 67.9 Å². The molecular weight excluding hydrogens is 194 g/mol. The molecule has 2 rings (SSSR count). The summed E-state index contributed by atoms with van der Waals surface area (Å²) in [5.41, 5.74) is -0.844. The number of carbonyl (C=O) groups excluding carboxylic acids is 1. The highest BCUT2D eigenvalue weighted by Gasteiger charge is 2.35. The summed E-state index contributed by atoms with van der Waals surface area (Å²) in [5, 5.41) is 1.35. The third-order valence-electron chi connectivity index (χ3n) is 2.37. The Morgan fingerprint density at radius 3 is 3.07 bits per heavy atom. The molecule has 0 atom stereocenters. The van der Waals surface area contributed by atoms with E-state index in [0.29, 0.717) is 11.6 Å². The fourth-order valence-corrected chi connectivity index (χ4v) is 1.40. The van der Waals surface area contributed by atoms with Crippen molar-refractivity contribution < 1.29 is 9.53 Å². The number of fused-ring (bicyclic) bond motifs is 1. The van der Waals surface area contributed by atoms with Crippen LogP contribution >= 0.6 is 0 Å². The van der Waals surface area contributed by atoms with Gasteiger partial charge in [0.25, 0.3) is 0 Å². The molecule has 2 aliphatic rings. The Labute approximate surface area is 87.9 Å². The molecule has 0 saturated carbocycles. The number of Topliss-reactive ketones (excluding diaryl/α,β-unsaturated/α-hetero) is 1. The Morgan fingerprint density at radius 1 is 1.60 bits per heavy atom. The van der Waals surface area contributed by atoms with Crippen molar-refractivity contribution in [3.63, 3.8) is 0 Å². The predicted molar refractivity (Wildman–Crippen MR) is 55.7 cm³/mol. The Hall–Kier alpha value is -1.62. The van der Waals surface area contributed by atoms with Gasteiger partial charge in [0.15, 0.2) is 23.0 Å². The molecule has 80 valence electrons. The van der Waals surface area contributed by atoms with Gasteiger partial charge in [0.2, 0.25) is 0 Å². The van der Waals surface area contributed by atoms with Crippen molar-refractivity contribution >= 4 is 11.6 Å². The van der Waals surface area contributed by atoms with Crippen molar-refractivity contribution in [2.45, 2.75) is 19.4 Å². The lowest BCUT2D eigenvalue weighted by molar-refractivity contribution is -0.133. The van der Waals surface area contributed by atoms with Gasteiger partial charge in [0.1, 0.15) is 6.54 Å². The van der Waals surface area contributed by atoms with E-state index in [0.717, 1.165) is 0 Å². The van der Waals surface area contributed by atoms with E-state index >= 15 is 0 Å². The summed E-state index contributed by atoms with van der Waals surface area (Å²) in [7, 11) is 0. The Morgan fingerprint density at radius 2 is 2.33 bits per heavy atom. The number of ether oxygens (including phenoxy) is 1. The standard InChI is InChI=1S/C10H13N3O2/c1-10(2)8(14)6-12-9-7(15-10)4-3-5-13(9)11/h3-5H,6,11H2,1-2H3. The molecule has 0 aliphatic carbocycles. The van der Waals surface area contributed by atoms with E-state index in [4.69, 9.17) is 10.6 Å². The number of nitrogens with two attached hydrogens (primary N) is 1. The molecule has 15 heavy (non-hydrogen) atoms. The van der Waals surface area contributed by atoms with Crippen LogP contribution in [0.5, 0.6) is 0 Å². The number of amidine groups is 1. The maximum Gasteiger partial charge on any atom is 0.197 e. The molecule has 0 unspecified atom stereocenters. The van der Waals surface area contributed by atoms with E-state index < -0.39 is 5.60 Å². The molecule has 0 fully saturated rings. The van der Waals surface area contributed by atoms with Gasteiger partial charge in [-0.15, -0.1) is 0 Å². The molecule has 0 aromatic carbocycles. The van der Waals surface area contributed by atoms with E-state index in [1.807, 2.05) is 0 Å². The summed E-state index contributed by atoms with van der Waals surface area (Å²) >= 11 is 0. The molecule has 0 saturated heterocycles. The van der Waals surface area contributed by atoms with Gasteiger partial charge in [-0.25, -0.2) is 5.84 Å². The van der Waals surface area contributed by atoms with E-state index in [-0.39, 0.29) is 12.3 Å². The second-order valence-corrected chi connectivity index (χ2v) is 3.96. The van der Waals surface area contributed by atoms with Crippen LogP contribution in [-0.4, -0.2) is 28.8 Å². The van der Waals surface area contributed by atoms with Gasteiger partial charge in [-0.2, -0.15) is 0 Å². The zero-order valence-electron chi connectivity index (χ0n) is 8.73. The Kier molecular flexibility index (Phi) is 2.12. The number of aliphatic imine (C=N–C) groups is 1. The quantitative estimate of drug-likeness (QED) is 0.582. The summed E-state index contributed by atoms with van der Waals surface area (Å²) in [6.07, 6.45) is 5.16. The molecule has 0 aromatic heterocycles. The van der Waals surface area contributed by atoms with E-state index in [2.05, 4.69) is 4.99 Å². The van der Waals surface area contributed by atoms with Crippen molar-refractivity contribution in [2.24, 2.45) is 10.8 Å². The number of hydrazine groups is 1. The second kappa shape index (κ2) is 3.20. The molecule has 2 heterocycles. The van der Waals surface area contributed by atoms with Crippen LogP contribution in [0.1, 0.15) is 13.8 Å². The smallest absolute Gasteiger partial charge is 0.197 e. The van der Waals surface area contributed by atoms with Gasteiger partial charge in [-0.05, 0) is 26.0 Å². The van der Waals surface area contributed by atoms with Crippen LogP contribution in [0.4, 0.5) is 0 Å². The number of hydrogen-bond acceptors (Lipinski definition) is 5. The van der Waals surface area contributed by atoms with Crippen LogP contribution in [0.15, 0.2) is 29.1 Å². The van der Waals surface area contributed by atoms with Gasteiger partial charge < -0.3 is 4.74 Å². The zero-order chi connectivity index (χ0) is 11.1. The molecule has 5 nitrogen and oxygen atoms in total. The number of nitrogens with zero attached hydrogens (tertiary/aromatic N) is 2.